The number of amides is 2. The molecule has 3 atom stereocenters. The van der Waals surface area contributed by atoms with E-state index in [0.29, 0.717) is 0 Å². The maximum Gasteiger partial charge on any atom is 0.246 e. The van der Waals surface area contributed by atoms with Crippen LogP contribution in [0.15, 0.2) is 5.10 Å². The van der Waals surface area contributed by atoms with E-state index < -0.39 is 41.4 Å². The van der Waals surface area contributed by atoms with Crippen LogP contribution in [-0.4, -0.2) is 65.3 Å². The van der Waals surface area contributed by atoms with Crippen molar-refractivity contribution in [3.05, 3.63) is 0 Å². The van der Waals surface area contributed by atoms with Crippen LogP contribution < -0.4 is 0 Å². The zero-order valence-electron chi connectivity index (χ0n) is 15.3. The summed E-state index contributed by atoms with van der Waals surface area (Å²) < 4.78 is 29.3. The zero-order chi connectivity index (χ0) is 18.6. The van der Waals surface area contributed by atoms with Gasteiger partial charge >= 0.3 is 0 Å². The van der Waals surface area contributed by atoms with Gasteiger partial charge in [0.1, 0.15) is 24.5 Å². The van der Waals surface area contributed by atoms with Crippen LogP contribution in [0.1, 0.15) is 41.5 Å². The van der Waals surface area contributed by atoms with Gasteiger partial charge in [-0.2, -0.15) is 10.1 Å². The third-order valence-electron chi connectivity index (χ3n) is 4.15. The minimum absolute atomic E-state index is 0.0650. The number of fused-ring (bicyclic) bond motifs is 1. The summed E-state index contributed by atoms with van der Waals surface area (Å²) in [4.78, 5) is 23.6. The Kier molecular flexibility index (Phi) is 4.28. The van der Waals surface area contributed by atoms with Crippen molar-refractivity contribution in [1.82, 2.24) is 5.01 Å². The van der Waals surface area contributed by atoms with Crippen molar-refractivity contribution in [2.45, 2.75) is 71.1 Å². The van der Waals surface area contributed by atoms with Gasteiger partial charge in [-0.1, -0.05) is 0 Å². The molecule has 3 rings (SSSR count). The molecule has 0 aliphatic carbocycles. The van der Waals surface area contributed by atoms with Gasteiger partial charge in [0, 0.05) is 13.8 Å². The van der Waals surface area contributed by atoms with E-state index in [1.54, 1.807) is 27.7 Å². The largest absolute Gasteiger partial charge is 0.344 e. The summed E-state index contributed by atoms with van der Waals surface area (Å²) in [6, 6.07) is 0. The van der Waals surface area contributed by atoms with Crippen LogP contribution >= 0.6 is 0 Å². The molecule has 0 bridgehead atoms. The number of hydrogen-bond donors (Lipinski definition) is 0. The summed E-state index contributed by atoms with van der Waals surface area (Å²) in [5.41, 5.74) is 0.255. The molecule has 0 saturated carbocycles. The zero-order valence-corrected chi connectivity index (χ0v) is 15.3. The average molecular weight is 356 g/mol. The topological polar surface area (TPSA) is 95.9 Å². The highest BCUT2D eigenvalue weighted by Crippen LogP contribution is 2.42. The maximum atomic E-state index is 11.8. The maximum absolute atomic E-state index is 11.8. The molecule has 0 aromatic carbocycles. The van der Waals surface area contributed by atoms with Gasteiger partial charge < -0.3 is 23.7 Å². The van der Waals surface area contributed by atoms with Gasteiger partial charge in [0.15, 0.2) is 11.6 Å². The van der Waals surface area contributed by atoms with Crippen LogP contribution in [0.4, 0.5) is 0 Å². The smallest absolute Gasteiger partial charge is 0.246 e. The standard InChI is InChI=1S/C16H24N2O7/c1-9(19)18(10(2)20)17-13-12-11(23-15(5,6)24-12)7-21-16(13)8-22-14(3,4)25-16/h11-12H,7-8H2,1-6H3/b17-13+/t11-,12-,16+/m1/s1. The highest BCUT2D eigenvalue weighted by molar-refractivity contribution is 6.00. The van der Waals surface area contributed by atoms with Crippen LogP contribution in [0.3, 0.4) is 0 Å². The molecule has 9 heteroatoms. The van der Waals surface area contributed by atoms with Crippen LogP contribution in [0.5, 0.6) is 0 Å². The first-order chi connectivity index (χ1) is 11.4. The Hall–Kier alpha value is -1.39. The Bertz CT molecular complexity index is 614. The van der Waals surface area contributed by atoms with Gasteiger partial charge in [0.05, 0.1) is 6.61 Å². The van der Waals surface area contributed by atoms with Crippen molar-refractivity contribution in [3.63, 3.8) is 0 Å². The Morgan fingerprint density at radius 1 is 1.04 bits per heavy atom. The summed E-state index contributed by atoms with van der Waals surface area (Å²) >= 11 is 0. The first-order valence-corrected chi connectivity index (χ1v) is 8.19. The summed E-state index contributed by atoms with van der Waals surface area (Å²) in [6.45, 7) is 9.84. The van der Waals surface area contributed by atoms with Crippen molar-refractivity contribution in [1.29, 1.82) is 0 Å². The summed E-state index contributed by atoms with van der Waals surface area (Å²) in [7, 11) is 0. The molecule has 0 aromatic heterocycles. The predicted octanol–water partition coefficient (Wildman–Crippen LogP) is 0.767. The molecule has 9 nitrogen and oxygen atoms in total. The lowest BCUT2D eigenvalue weighted by Gasteiger charge is -2.38. The van der Waals surface area contributed by atoms with E-state index in [9.17, 15) is 9.59 Å². The van der Waals surface area contributed by atoms with Gasteiger partial charge in [-0.15, -0.1) is 0 Å². The number of hydrogen-bond acceptors (Lipinski definition) is 8. The van der Waals surface area contributed by atoms with Gasteiger partial charge in [0.2, 0.25) is 17.6 Å². The molecule has 1 spiro atoms. The third-order valence-corrected chi connectivity index (χ3v) is 4.15. The van der Waals surface area contributed by atoms with Gasteiger partial charge in [-0.3, -0.25) is 9.59 Å². The SMILES string of the molecule is CC(=O)N(/N=C1\[C@@H]2OC(C)(C)O[C@@H]2CO[C@]12COC(C)(C)O2)C(C)=O. The number of carbonyl (C=O) groups excluding carboxylic acids is 2. The third kappa shape index (κ3) is 3.34. The van der Waals surface area contributed by atoms with Crippen LogP contribution in [0.25, 0.3) is 0 Å². The van der Waals surface area contributed by atoms with Crippen LogP contribution in [0.2, 0.25) is 0 Å². The monoisotopic (exact) mass is 356 g/mol. The fraction of sp³-hybridized carbons (Fsp3) is 0.812. The van der Waals surface area contributed by atoms with Crippen LogP contribution in [-0.2, 0) is 33.3 Å². The van der Waals surface area contributed by atoms with Crippen molar-refractivity contribution in [2.24, 2.45) is 5.10 Å². The molecule has 0 radical (unpaired) electrons. The Balaban J connectivity index is 2.05. The number of ether oxygens (including phenoxy) is 5. The van der Waals surface area contributed by atoms with Gasteiger partial charge in [0.25, 0.3) is 0 Å². The molecule has 3 saturated heterocycles. The number of hydrazone groups is 1. The minimum atomic E-state index is -1.34. The fourth-order valence-electron chi connectivity index (χ4n) is 3.22. The molecular weight excluding hydrogens is 332 g/mol. The average Bonchev–Trinajstić information content (AvgIpc) is 2.93. The molecule has 0 aromatic rings. The molecule has 3 fully saturated rings. The second kappa shape index (κ2) is 5.82. The second-order valence-electron chi connectivity index (χ2n) is 7.28. The molecule has 3 aliphatic rings. The molecule has 2 amide bonds. The number of carbonyl (C=O) groups is 2. The van der Waals surface area contributed by atoms with Gasteiger partial charge in [-0.05, 0) is 27.7 Å². The van der Waals surface area contributed by atoms with Crippen molar-refractivity contribution < 1.29 is 33.3 Å². The molecule has 3 heterocycles. The number of rotatable bonds is 1. The van der Waals surface area contributed by atoms with E-state index in [0.717, 1.165) is 5.01 Å². The van der Waals surface area contributed by atoms with E-state index in [-0.39, 0.29) is 18.9 Å². The number of imide groups is 1. The first-order valence-electron chi connectivity index (χ1n) is 8.19. The van der Waals surface area contributed by atoms with E-state index in [1.807, 2.05) is 0 Å². The van der Waals surface area contributed by atoms with Gasteiger partial charge in [-0.25, -0.2) is 0 Å². The lowest BCUT2D eigenvalue weighted by atomic mass is 9.98. The quantitative estimate of drug-likeness (QED) is 0.640. The second-order valence-corrected chi connectivity index (χ2v) is 7.28. The number of nitrogens with zero attached hydrogens (tertiary/aromatic N) is 2. The lowest BCUT2D eigenvalue weighted by Crippen LogP contribution is -2.59. The first kappa shape index (κ1) is 18.4. The predicted molar refractivity (Wildman–Crippen MR) is 84.3 cm³/mol. The minimum Gasteiger partial charge on any atom is -0.344 e. The highest BCUT2D eigenvalue weighted by Gasteiger charge is 2.61. The Morgan fingerprint density at radius 3 is 2.20 bits per heavy atom. The van der Waals surface area contributed by atoms with E-state index in [2.05, 4.69) is 5.10 Å². The molecule has 140 valence electrons. The molecule has 25 heavy (non-hydrogen) atoms. The molecular formula is C16H24N2O7. The van der Waals surface area contributed by atoms with Crippen molar-refractivity contribution >= 4 is 17.5 Å². The van der Waals surface area contributed by atoms with Crippen LogP contribution in [0, 0.1) is 0 Å². The lowest BCUT2D eigenvalue weighted by molar-refractivity contribution is -0.236. The summed E-state index contributed by atoms with van der Waals surface area (Å²) in [5, 5.41) is 5.03. The Morgan fingerprint density at radius 2 is 1.68 bits per heavy atom. The highest BCUT2D eigenvalue weighted by atomic mass is 16.8. The van der Waals surface area contributed by atoms with Crippen molar-refractivity contribution in [3.8, 4) is 0 Å². The Labute approximate surface area is 146 Å². The molecule has 0 N–H and O–H groups in total. The normalized spacial score (nSPS) is 37.3. The van der Waals surface area contributed by atoms with E-state index >= 15 is 0 Å². The molecule has 0 unspecified atom stereocenters. The fourth-order valence-corrected chi connectivity index (χ4v) is 3.22. The van der Waals surface area contributed by atoms with E-state index in [1.165, 1.54) is 13.8 Å². The molecule has 3 aliphatic heterocycles. The summed E-state index contributed by atoms with van der Waals surface area (Å²) in [5.74, 6) is -4.13. The van der Waals surface area contributed by atoms with Crippen molar-refractivity contribution in [2.75, 3.05) is 13.2 Å². The summed E-state index contributed by atoms with van der Waals surface area (Å²) in [6.07, 6.45) is -1.05. The van der Waals surface area contributed by atoms with E-state index in [4.69, 9.17) is 23.7 Å².